The van der Waals surface area contributed by atoms with E-state index in [9.17, 15) is 10.1 Å². The van der Waals surface area contributed by atoms with Crippen LogP contribution < -0.4 is 5.32 Å². The predicted molar refractivity (Wildman–Crippen MR) is 84.4 cm³/mol. The summed E-state index contributed by atoms with van der Waals surface area (Å²) in [5.41, 5.74) is 0.611. The second-order valence-electron chi connectivity index (χ2n) is 4.71. The van der Waals surface area contributed by atoms with Crippen molar-refractivity contribution in [2.75, 3.05) is 0 Å². The lowest BCUT2D eigenvalue weighted by Gasteiger charge is -2.13. The molecule has 1 atom stereocenters. The Bertz CT molecular complexity index is 679. The molecule has 5 nitrogen and oxygen atoms in total. The van der Waals surface area contributed by atoms with Crippen molar-refractivity contribution in [1.29, 1.82) is 5.26 Å². The predicted octanol–water partition coefficient (Wildman–Crippen LogP) is 3.35. The molecule has 0 fully saturated rings. The first-order valence-electron chi connectivity index (χ1n) is 6.70. The molecule has 0 aliphatic carbocycles. The van der Waals surface area contributed by atoms with Crippen LogP contribution in [0.4, 0.5) is 0 Å². The summed E-state index contributed by atoms with van der Waals surface area (Å²) in [6.45, 7) is 0.706. The van der Waals surface area contributed by atoms with E-state index in [2.05, 4.69) is 16.4 Å². The van der Waals surface area contributed by atoms with E-state index in [0.717, 1.165) is 0 Å². The van der Waals surface area contributed by atoms with Crippen molar-refractivity contribution in [2.45, 2.75) is 25.4 Å². The lowest BCUT2D eigenvalue weighted by molar-refractivity contribution is -0.121. The van der Waals surface area contributed by atoms with Crippen LogP contribution in [0.2, 0.25) is 10.0 Å². The summed E-state index contributed by atoms with van der Waals surface area (Å²) in [6.07, 6.45) is 6.23. The van der Waals surface area contributed by atoms with Crippen molar-refractivity contribution < 1.29 is 4.79 Å². The highest BCUT2D eigenvalue weighted by molar-refractivity contribution is 6.42. The molecule has 0 aliphatic rings. The van der Waals surface area contributed by atoms with Crippen LogP contribution in [0.25, 0.3) is 0 Å². The zero-order valence-electron chi connectivity index (χ0n) is 11.7. The van der Waals surface area contributed by atoms with Gasteiger partial charge in [-0.2, -0.15) is 5.26 Å². The summed E-state index contributed by atoms with van der Waals surface area (Å²) in [6, 6.07) is 6.18. The molecule has 7 heteroatoms. The maximum atomic E-state index is 11.9. The molecule has 1 aromatic heterocycles. The van der Waals surface area contributed by atoms with Crippen molar-refractivity contribution >= 4 is 29.1 Å². The second-order valence-corrected chi connectivity index (χ2v) is 5.52. The molecule has 2 aromatic rings. The highest BCUT2D eigenvalue weighted by Gasteiger charge is 2.14. The minimum atomic E-state index is -0.740. The molecule has 1 heterocycles. The molecular weight excluding hydrogens is 323 g/mol. The van der Waals surface area contributed by atoms with Gasteiger partial charge in [0.25, 0.3) is 0 Å². The van der Waals surface area contributed by atoms with E-state index >= 15 is 0 Å². The molecule has 1 amide bonds. The number of imidazole rings is 1. The topological polar surface area (TPSA) is 70.7 Å². The highest BCUT2D eigenvalue weighted by Crippen LogP contribution is 2.25. The SMILES string of the molecule is N#CC(NC(=O)CCCn1ccnc1)c1ccc(Cl)c(Cl)c1. The minimum Gasteiger partial charge on any atom is -0.337 e. The quantitative estimate of drug-likeness (QED) is 0.879. The number of rotatable bonds is 6. The number of carbonyl (C=O) groups is 1. The molecular formula is C15H14Cl2N4O. The summed E-state index contributed by atoms with van der Waals surface area (Å²) in [5, 5.41) is 12.7. The van der Waals surface area contributed by atoms with E-state index in [1.807, 2.05) is 10.8 Å². The first-order valence-corrected chi connectivity index (χ1v) is 7.45. The Morgan fingerprint density at radius 1 is 1.41 bits per heavy atom. The monoisotopic (exact) mass is 336 g/mol. The molecule has 0 saturated carbocycles. The number of amides is 1. The van der Waals surface area contributed by atoms with Crippen molar-refractivity contribution in [2.24, 2.45) is 0 Å². The van der Waals surface area contributed by atoms with E-state index in [1.165, 1.54) is 0 Å². The van der Waals surface area contributed by atoms with Gasteiger partial charge in [0.2, 0.25) is 5.91 Å². The van der Waals surface area contributed by atoms with E-state index in [0.29, 0.717) is 35.0 Å². The van der Waals surface area contributed by atoms with Crippen molar-refractivity contribution in [3.8, 4) is 6.07 Å². The lowest BCUT2D eigenvalue weighted by Crippen LogP contribution is -2.27. The molecule has 1 N–H and O–H groups in total. The molecule has 2 rings (SSSR count). The zero-order valence-corrected chi connectivity index (χ0v) is 13.2. The third-order valence-corrected chi connectivity index (χ3v) is 3.83. The number of hydrogen-bond acceptors (Lipinski definition) is 3. The van der Waals surface area contributed by atoms with Crippen molar-refractivity contribution in [3.05, 3.63) is 52.5 Å². The fraction of sp³-hybridized carbons (Fsp3) is 0.267. The largest absolute Gasteiger partial charge is 0.337 e. The molecule has 114 valence electrons. The van der Waals surface area contributed by atoms with Crippen LogP contribution in [0.1, 0.15) is 24.4 Å². The Morgan fingerprint density at radius 2 is 2.23 bits per heavy atom. The van der Waals surface area contributed by atoms with Gasteiger partial charge in [0.15, 0.2) is 0 Å². The van der Waals surface area contributed by atoms with Gasteiger partial charge in [0.1, 0.15) is 6.04 Å². The lowest BCUT2D eigenvalue weighted by atomic mass is 10.1. The van der Waals surface area contributed by atoms with Gasteiger partial charge in [0.05, 0.1) is 22.4 Å². The van der Waals surface area contributed by atoms with E-state index in [1.54, 1.807) is 30.7 Å². The van der Waals surface area contributed by atoms with Gasteiger partial charge in [-0.05, 0) is 24.1 Å². The summed E-state index contributed by atoms with van der Waals surface area (Å²) in [7, 11) is 0. The number of hydrogen-bond donors (Lipinski definition) is 1. The van der Waals surface area contributed by atoms with E-state index < -0.39 is 6.04 Å². The highest BCUT2D eigenvalue weighted by atomic mass is 35.5. The number of aromatic nitrogens is 2. The number of benzene rings is 1. The summed E-state index contributed by atoms with van der Waals surface area (Å²) < 4.78 is 1.90. The number of nitrogens with zero attached hydrogens (tertiary/aromatic N) is 3. The van der Waals surface area contributed by atoms with Gasteiger partial charge >= 0.3 is 0 Å². The Labute approximate surface area is 138 Å². The number of aryl methyl sites for hydroxylation is 1. The molecule has 0 saturated heterocycles. The number of carbonyl (C=O) groups excluding carboxylic acids is 1. The first kappa shape index (κ1) is 16.3. The standard InChI is InChI=1S/C15H14Cl2N4O/c16-12-4-3-11(8-13(12)17)14(9-18)20-15(22)2-1-6-21-7-5-19-10-21/h3-5,7-8,10,14H,1-2,6H2,(H,20,22). The van der Waals surface area contributed by atoms with Crippen LogP contribution in [-0.2, 0) is 11.3 Å². The Hall–Kier alpha value is -2.03. The Kier molecular flexibility index (Phi) is 5.82. The molecule has 0 bridgehead atoms. The number of nitriles is 1. The Morgan fingerprint density at radius 3 is 2.86 bits per heavy atom. The van der Waals surface area contributed by atoms with Crippen molar-refractivity contribution in [1.82, 2.24) is 14.9 Å². The average Bonchev–Trinajstić information content (AvgIpc) is 3.01. The molecule has 0 spiro atoms. The number of halogens is 2. The fourth-order valence-corrected chi connectivity index (χ4v) is 2.26. The van der Waals surface area contributed by atoms with E-state index in [4.69, 9.17) is 23.2 Å². The molecule has 0 aliphatic heterocycles. The summed E-state index contributed by atoms with van der Waals surface area (Å²) in [4.78, 5) is 15.9. The maximum absolute atomic E-state index is 11.9. The van der Waals surface area contributed by atoms with Crippen LogP contribution >= 0.6 is 23.2 Å². The van der Waals surface area contributed by atoms with Crippen LogP contribution in [0.5, 0.6) is 0 Å². The molecule has 1 unspecified atom stereocenters. The van der Waals surface area contributed by atoms with Crippen LogP contribution in [0.3, 0.4) is 0 Å². The van der Waals surface area contributed by atoms with Crippen LogP contribution in [-0.4, -0.2) is 15.5 Å². The molecule has 1 aromatic carbocycles. The smallest absolute Gasteiger partial charge is 0.221 e. The normalized spacial score (nSPS) is 11.7. The maximum Gasteiger partial charge on any atom is 0.221 e. The average molecular weight is 337 g/mol. The minimum absolute atomic E-state index is 0.183. The van der Waals surface area contributed by atoms with Crippen LogP contribution in [0.15, 0.2) is 36.9 Å². The van der Waals surface area contributed by atoms with Gasteiger partial charge in [-0.1, -0.05) is 29.3 Å². The van der Waals surface area contributed by atoms with Crippen molar-refractivity contribution in [3.63, 3.8) is 0 Å². The van der Waals surface area contributed by atoms with Gasteiger partial charge in [-0.25, -0.2) is 4.98 Å². The zero-order chi connectivity index (χ0) is 15.9. The summed E-state index contributed by atoms with van der Waals surface area (Å²) >= 11 is 11.8. The Balaban J connectivity index is 1.88. The second kappa shape index (κ2) is 7.83. The molecule has 0 radical (unpaired) electrons. The van der Waals surface area contributed by atoms with Gasteiger partial charge in [-0.3, -0.25) is 4.79 Å². The third kappa shape index (κ3) is 4.48. The third-order valence-electron chi connectivity index (χ3n) is 3.09. The van der Waals surface area contributed by atoms with E-state index in [-0.39, 0.29) is 5.91 Å². The number of nitrogens with one attached hydrogen (secondary N) is 1. The van der Waals surface area contributed by atoms with Gasteiger partial charge < -0.3 is 9.88 Å². The fourth-order valence-electron chi connectivity index (χ4n) is 1.96. The molecule has 22 heavy (non-hydrogen) atoms. The van der Waals surface area contributed by atoms with Crippen LogP contribution in [0, 0.1) is 11.3 Å². The first-order chi connectivity index (χ1) is 10.6. The van der Waals surface area contributed by atoms with Gasteiger partial charge in [0, 0.05) is 25.4 Å². The van der Waals surface area contributed by atoms with Gasteiger partial charge in [-0.15, -0.1) is 0 Å². The summed E-state index contributed by atoms with van der Waals surface area (Å²) in [5.74, 6) is -0.183.